The maximum Gasteiger partial charge on any atom is 0.319 e. The van der Waals surface area contributed by atoms with Gasteiger partial charge in [0.1, 0.15) is 17.7 Å². The standard InChI is InChI=1S/C17H17F2N3O3/c1-24-17-20-7-4-15(21-17)25-12-5-8-22(9-6-12)16(23)13-3-2-11(18)10-14(13)19/h2-4,7,10,12H,5-6,8-9H2,1H3. The summed E-state index contributed by atoms with van der Waals surface area (Å²) in [4.78, 5) is 21.9. The number of benzene rings is 1. The third-order valence-electron chi connectivity index (χ3n) is 3.97. The van der Waals surface area contributed by atoms with Crippen molar-refractivity contribution in [2.45, 2.75) is 18.9 Å². The van der Waals surface area contributed by atoms with Gasteiger partial charge >= 0.3 is 6.01 Å². The Balaban J connectivity index is 1.58. The molecule has 0 spiro atoms. The highest BCUT2D eigenvalue weighted by molar-refractivity contribution is 5.94. The third kappa shape index (κ3) is 4.01. The summed E-state index contributed by atoms with van der Waals surface area (Å²) in [5, 5.41) is 0. The Morgan fingerprint density at radius 2 is 2.00 bits per heavy atom. The zero-order valence-electron chi connectivity index (χ0n) is 13.6. The molecule has 0 unspecified atom stereocenters. The molecule has 1 aliphatic rings. The van der Waals surface area contributed by atoms with E-state index in [2.05, 4.69) is 9.97 Å². The van der Waals surface area contributed by atoms with Crippen molar-refractivity contribution in [2.75, 3.05) is 20.2 Å². The highest BCUT2D eigenvalue weighted by Crippen LogP contribution is 2.20. The summed E-state index contributed by atoms with van der Waals surface area (Å²) in [6.07, 6.45) is 2.60. The van der Waals surface area contributed by atoms with Crippen LogP contribution in [0.1, 0.15) is 23.2 Å². The first-order valence-corrected chi connectivity index (χ1v) is 7.85. The summed E-state index contributed by atoms with van der Waals surface area (Å²) in [7, 11) is 1.47. The van der Waals surface area contributed by atoms with Crippen molar-refractivity contribution in [3.8, 4) is 11.9 Å². The molecule has 1 saturated heterocycles. The van der Waals surface area contributed by atoms with E-state index in [4.69, 9.17) is 9.47 Å². The van der Waals surface area contributed by atoms with Gasteiger partial charge in [0, 0.05) is 44.3 Å². The molecule has 0 atom stereocenters. The van der Waals surface area contributed by atoms with Gasteiger partial charge in [0.2, 0.25) is 5.88 Å². The average Bonchev–Trinajstić information content (AvgIpc) is 2.62. The van der Waals surface area contributed by atoms with Crippen molar-refractivity contribution in [1.29, 1.82) is 0 Å². The Labute approximate surface area is 143 Å². The maximum absolute atomic E-state index is 13.8. The molecule has 2 heterocycles. The van der Waals surface area contributed by atoms with E-state index in [0.717, 1.165) is 6.07 Å². The largest absolute Gasteiger partial charge is 0.474 e. The van der Waals surface area contributed by atoms with Crippen LogP contribution in [0.25, 0.3) is 0 Å². The van der Waals surface area contributed by atoms with Gasteiger partial charge in [0.25, 0.3) is 5.91 Å². The van der Waals surface area contributed by atoms with Crippen molar-refractivity contribution in [3.05, 3.63) is 47.7 Å². The van der Waals surface area contributed by atoms with Gasteiger partial charge in [-0.05, 0) is 12.1 Å². The molecule has 6 nitrogen and oxygen atoms in total. The van der Waals surface area contributed by atoms with Crippen LogP contribution in [0.5, 0.6) is 11.9 Å². The topological polar surface area (TPSA) is 64.6 Å². The fourth-order valence-corrected chi connectivity index (χ4v) is 2.67. The number of carbonyl (C=O) groups excluding carboxylic acids is 1. The van der Waals surface area contributed by atoms with Crippen molar-refractivity contribution in [1.82, 2.24) is 14.9 Å². The van der Waals surface area contributed by atoms with E-state index in [1.807, 2.05) is 0 Å². The first-order valence-electron chi connectivity index (χ1n) is 7.85. The van der Waals surface area contributed by atoms with E-state index in [0.29, 0.717) is 37.9 Å². The lowest BCUT2D eigenvalue weighted by Gasteiger charge is -2.32. The van der Waals surface area contributed by atoms with E-state index in [-0.39, 0.29) is 17.7 Å². The lowest BCUT2D eigenvalue weighted by atomic mass is 10.1. The quantitative estimate of drug-likeness (QED) is 0.848. The number of amides is 1. The fraction of sp³-hybridized carbons (Fsp3) is 0.353. The van der Waals surface area contributed by atoms with Gasteiger partial charge < -0.3 is 14.4 Å². The monoisotopic (exact) mass is 349 g/mol. The number of carbonyl (C=O) groups is 1. The van der Waals surface area contributed by atoms with Crippen LogP contribution in [0.4, 0.5) is 8.78 Å². The molecule has 1 fully saturated rings. The lowest BCUT2D eigenvalue weighted by molar-refractivity contribution is 0.0582. The Hall–Kier alpha value is -2.77. The minimum absolute atomic E-state index is 0.110. The van der Waals surface area contributed by atoms with Crippen molar-refractivity contribution in [3.63, 3.8) is 0 Å². The smallest absolute Gasteiger partial charge is 0.319 e. The molecule has 0 saturated carbocycles. The SMILES string of the molecule is COc1nccc(OC2CCN(C(=O)c3ccc(F)cc3F)CC2)n1. The van der Waals surface area contributed by atoms with Crippen LogP contribution in [-0.4, -0.2) is 47.1 Å². The Morgan fingerprint density at radius 3 is 2.68 bits per heavy atom. The van der Waals surface area contributed by atoms with Crippen LogP contribution in [-0.2, 0) is 0 Å². The van der Waals surface area contributed by atoms with Crippen molar-refractivity contribution < 1.29 is 23.0 Å². The minimum Gasteiger partial charge on any atom is -0.474 e. The van der Waals surface area contributed by atoms with Gasteiger partial charge in [-0.3, -0.25) is 4.79 Å². The van der Waals surface area contributed by atoms with Crippen LogP contribution < -0.4 is 9.47 Å². The molecule has 1 aromatic carbocycles. The van der Waals surface area contributed by atoms with Gasteiger partial charge in [-0.2, -0.15) is 4.98 Å². The lowest BCUT2D eigenvalue weighted by Crippen LogP contribution is -2.42. The molecule has 8 heteroatoms. The minimum atomic E-state index is -0.851. The molecule has 0 radical (unpaired) electrons. The molecular weight excluding hydrogens is 332 g/mol. The van der Waals surface area contributed by atoms with E-state index in [1.54, 1.807) is 6.07 Å². The summed E-state index contributed by atoms with van der Waals surface area (Å²) in [5.41, 5.74) is -0.124. The van der Waals surface area contributed by atoms with Crippen LogP contribution in [0.2, 0.25) is 0 Å². The maximum atomic E-state index is 13.8. The highest BCUT2D eigenvalue weighted by atomic mass is 19.1. The second-order valence-corrected chi connectivity index (χ2v) is 5.62. The van der Waals surface area contributed by atoms with Crippen molar-refractivity contribution >= 4 is 5.91 Å². The number of rotatable bonds is 4. The molecule has 0 bridgehead atoms. The zero-order chi connectivity index (χ0) is 17.8. The van der Waals surface area contributed by atoms with E-state index in [9.17, 15) is 13.6 Å². The summed E-state index contributed by atoms with van der Waals surface area (Å²) in [6.45, 7) is 0.838. The van der Waals surface area contributed by atoms with Crippen LogP contribution in [0.3, 0.4) is 0 Å². The molecule has 1 aliphatic heterocycles. The summed E-state index contributed by atoms with van der Waals surface area (Å²) in [5.74, 6) is -1.60. The van der Waals surface area contributed by atoms with E-state index >= 15 is 0 Å². The Bertz CT molecular complexity index is 765. The number of hydrogen-bond acceptors (Lipinski definition) is 5. The normalized spacial score (nSPS) is 15.1. The first kappa shape index (κ1) is 17.1. The van der Waals surface area contributed by atoms with Crippen LogP contribution in [0, 0.1) is 11.6 Å². The summed E-state index contributed by atoms with van der Waals surface area (Å²) >= 11 is 0. The predicted molar refractivity (Wildman–Crippen MR) is 84.5 cm³/mol. The number of nitrogens with zero attached hydrogens (tertiary/aromatic N) is 3. The highest BCUT2D eigenvalue weighted by Gasteiger charge is 2.26. The number of halogens is 2. The molecule has 132 valence electrons. The Morgan fingerprint density at radius 1 is 1.24 bits per heavy atom. The molecule has 1 aromatic heterocycles. The molecule has 0 aliphatic carbocycles. The molecule has 0 N–H and O–H groups in total. The van der Waals surface area contributed by atoms with Gasteiger partial charge in [0.05, 0.1) is 12.7 Å². The summed E-state index contributed by atoms with van der Waals surface area (Å²) < 4.78 is 37.4. The molecule has 3 rings (SSSR count). The number of hydrogen-bond donors (Lipinski definition) is 0. The molecule has 1 amide bonds. The molecule has 25 heavy (non-hydrogen) atoms. The van der Waals surface area contributed by atoms with Crippen LogP contribution >= 0.6 is 0 Å². The Kier molecular flexibility index (Phi) is 5.06. The predicted octanol–water partition coefficient (Wildman–Crippen LogP) is 2.45. The zero-order valence-corrected chi connectivity index (χ0v) is 13.6. The van der Waals surface area contributed by atoms with Gasteiger partial charge in [0.15, 0.2) is 0 Å². The first-order chi connectivity index (χ1) is 12.1. The number of piperidine rings is 1. The third-order valence-corrected chi connectivity index (χ3v) is 3.97. The van der Waals surface area contributed by atoms with Gasteiger partial charge in [-0.1, -0.05) is 0 Å². The summed E-state index contributed by atoms with van der Waals surface area (Å²) in [6, 6.07) is 4.81. The second-order valence-electron chi connectivity index (χ2n) is 5.62. The van der Waals surface area contributed by atoms with E-state index in [1.165, 1.54) is 24.3 Å². The second kappa shape index (κ2) is 7.42. The van der Waals surface area contributed by atoms with Crippen LogP contribution in [0.15, 0.2) is 30.5 Å². The average molecular weight is 349 g/mol. The van der Waals surface area contributed by atoms with Crippen molar-refractivity contribution in [2.24, 2.45) is 0 Å². The number of ether oxygens (including phenoxy) is 2. The van der Waals surface area contributed by atoms with Gasteiger partial charge in [-0.25, -0.2) is 13.8 Å². The number of aromatic nitrogens is 2. The number of likely N-dealkylation sites (tertiary alicyclic amines) is 1. The fourth-order valence-electron chi connectivity index (χ4n) is 2.67. The van der Waals surface area contributed by atoms with Gasteiger partial charge in [-0.15, -0.1) is 0 Å². The van der Waals surface area contributed by atoms with E-state index < -0.39 is 17.5 Å². The molecule has 2 aromatic rings. The molecular formula is C17H17F2N3O3. The number of methoxy groups -OCH3 is 1.